The van der Waals surface area contributed by atoms with E-state index in [1.165, 1.54) is 0 Å². The van der Waals surface area contributed by atoms with Crippen molar-refractivity contribution >= 4 is 33.4 Å². The van der Waals surface area contributed by atoms with Gasteiger partial charge < -0.3 is 11.1 Å². The van der Waals surface area contributed by atoms with Gasteiger partial charge in [0.15, 0.2) is 0 Å². The fourth-order valence-corrected chi connectivity index (χ4v) is 2.09. The number of primary amides is 1. The Bertz CT molecular complexity index is 463. The number of carbonyl (C=O) groups is 2. The van der Waals surface area contributed by atoms with Gasteiger partial charge in [-0.05, 0) is 38.7 Å². The average Bonchev–Trinajstić information content (AvgIpc) is 2.28. The molecule has 104 valence electrons. The number of nitrogens with one attached hydrogen (secondary N) is 1. The number of anilines is 1. The fraction of sp³-hybridized carbons (Fsp3) is 0.385. The summed E-state index contributed by atoms with van der Waals surface area (Å²) in [6, 6.07) is 6.97. The Morgan fingerprint density at radius 2 is 2.11 bits per heavy atom. The molecule has 0 aliphatic heterocycles. The molecule has 0 aromatic heterocycles. The number of benzene rings is 1. The topological polar surface area (TPSA) is 75.4 Å². The van der Waals surface area contributed by atoms with Crippen LogP contribution in [0.1, 0.15) is 12.8 Å². The molecule has 0 saturated carbocycles. The second-order valence-corrected chi connectivity index (χ2v) is 5.40. The van der Waals surface area contributed by atoms with Gasteiger partial charge in [0.05, 0.1) is 6.04 Å². The molecule has 0 fully saturated rings. The van der Waals surface area contributed by atoms with E-state index in [4.69, 9.17) is 5.73 Å². The molecule has 0 saturated heterocycles. The van der Waals surface area contributed by atoms with E-state index in [1.54, 1.807) is 19.0 Å². The summed E-state index contributed by atoms with van der Waals surface area (Å²) < 4.78 is 0.892. The van der Waals surface area contributed by atoms with Crippen LogP contribution >= 0.6 is 15.9 Å². The number of nitrogens with zero attached hydrogens (tertiary/aromatic N) is 1. The molecule has 0 spiro atoms. The van der Waals surface area contributed by atoms with E-state index in [0.717, 1.165) is 4.47 Å². The number of nitrogens with two attached hydrogens (primary N) is 1. The Morgan fingerprint density at radius 1 is 1.42 bits per heavy atom. The Balaban J connectivity index is 2.69. The summed E-state index contributed by atoms with van der Waals surface area (Å²) in [6.45, 7) is 0. The van der Waals surface area contributed by atoms with Crippen LogP contribution in [0.15, 0.2) is 28.7 Å². The van der Waals surface area contributed by atoms with Crippen LogP contribution in [0.5, 0.6) is 0 Å². The Hall–Kier alpha value is -1.40. The van der Waals surface area contributed by atoms with Crippen LogP contribution in [0, 0.1) is 0 Å². The van der Waals surface area contributed by atoms with Crippen molar-refractivity contribution in [2.24, 2.45) is 5.73 Å². The molecule has 6 heteroatoms. The third-order valence-electron chi connectivity index (χ3n) is 2.68. The Labute approximate surface area is 121 Å². The van der Waals surface area contributed by atoms with Gasteiger partial charge in [0.25, 0.3) is 0 Å². The maximum absolute atomic E-state index is 12.2. The lowest BCUT2D eigenvalue weighted by Gasteiger charge is -2.23. The number of carbonyl (C=O) groups excluding carboxylic acids is 2. The van der Waals surface area contributed by atoms with Gasteiger partial charge in [-0.2, -0.15) is 0 Å². The minimum absolute atomic E-state index is 0.149. The van der Waals surface area contributed by atoms with E-state index in [0.29, 0.717) is 12.1 Å². The Morgan fingerprint density at radius 3 is 2.63 bits per heavy atom. The maximum atomic E-state index is 12.2. The summed E-state index contributed by atoms with van der Waals surface area (Å²) in [5.41, 5.74) is 5.83. The molecule has 1 rings (SSSR count). The molecule has 2 amide bonds. The van der Waals surface area contributed by atoms with Crippen LogP contribution in [0.3, 0.4) is 0 Å². The first-order chi connectivity index (χ1) is 8.90. The number of hydrogen-bond acceptors (Lipinski definition) is 3. The fourth-order valence-electron chi connectivity index (χ4n) is 1.69. The van der Waals surface area contributed by atoms with Crippen LogP contribution in [0.25, 0.3) is 0 Å². The van der Waals surface area contributed by atoms with Gasteiger partial charge in [-0.25, -0.2) is 0 Å². The van der Waals surface area contributed by atoms with Crippen molar-refractivity contribution in [2.45, 2.75) is 18.9 Å². The number of rotatable bonds is 6. The minimum Gasteiger partial charge on any atom is -0.370 e. The van der Waals surface area contributed by atoms with Crippen LogP contribution in [-0.4, -0.2) is 36.9 Å². The molecule has 0 bridgehead atoms. The molecule has 3 N–H and O–H groups in total. The minimum atomic E-state index is -0.401. The maximum Gasteiger partial charge on any atom is 0.241 e. The molecule has 19 heavy (non-hydrogen) atoms. The summed E-state index contributed by atoms with van der Waals surface area (Å²) in [4.78, 5) is 24.7. The van der Waals surface area contributed by atoms with E-state index < -0.39 is 5.91 Å². The second-order valence-electron chi connectivity index (χ2n) is 4.48. The van der Waals surface area contributed by atoms with E-state index >= 15 is 0 Å². The summed E-state index contributed by atoms with van der Waals surface area (Å²) in [6.07, 6.45) is 0.594. The first kappa shape index (κ1) is 15.7. The van der Waals surface area contributed by atoms with E-state index in [9.17, 15) is 9.59 Å². The molecule has 1 atom stereocenters. The van der Waals surface area contributed by atoms with Gasteiger partial charge in [0.1, 0.15) is 0 Å². The van der Waals surface area contributed by atoms with Crippen molar-refractivity contribution < 1.29 is 9.59 Å². The first-order valence-corrected chi connectivity index (χ1v) is 6.70. The number of likely N-dealkylation sites (N-methyl/N-ethyl adjacent to an activating group) is 1. The SMILES string of the molecule is CN(C)[C@H](CCC(N)=O)C(=O)Nc1cccc(Br)c1. The molecule has 0 radical (unpaired) electrons. The molecule has 5 nitrogen and oxygen atoms in total. The summed E-state index contributed by atoms with van der Waals surface area (Å²) in [5, 5.41) is 2.83. The normalized spacial score (nSPS) is 12.2. The lowest BCUT2D eigenvalue weighted by atomic mass is 10.1. The van der Waals surface area contributed by atoms with Crippen LogP contribution < -0.4 is 11.1 Å². The van der Waals surface area contributed by atoms with Crippen LogP contribution in [0.4, 0.5) is 5.69 Å². The highest BCUT2D eigenvalue weighted by atomic mass is 79.9. The van der Waals surface area contributed by atoms with Gasteiger partial charge in [-0.15, -0.1) is 0 Å². The predicted molar refractivity (Wildman–Crippen MR) is 78.7 cm³/mol. The quantitative estimate of drug-likeness (QED) is 0.833. The summed E-state index contributed by atoms with van der Waals surface area (Å²) >= 11 is 3.34. The third-order valence-corrected chi connectivity index (χ3v) is 3.18. The van der Waals surface area contributed by atoms with Crippen LogP contribution in [-0.2, 0) is 9.59 Å². The molecule has 0 unspecified atom stereocenters. The van der Waals surface area contributed by atoms with Crippen molar-refractivity contribution in [3.05, 3.63) is 28.7 Å². The van der Waals surface area contributed by atoms with Gasteiger partial charge >= 0.3 is 0 Å². The molecule has 0 heterocycles. The van der Waals surface area contributed by atoms with E-state index in [2.05, 4.69) is 21.2 Å². The predicted octanol–water partition coefficient (Wildman–Crippen LogP) is 1.58. The highest BCUT2D eigenvalue weighted by Gasteiger charge is 2.21. The molecular formula is C13H18BrN3O2. The van der Waals surface area contributed by atoms with Crippen molar-refractivity contribution in [1.29, 1.82) is 0 Å². The van der Waals surface area contributed by atoms with Gasteiger partial charge in [-0.1, -0.05) is 22.0 Å². The van der Waals surface area contributed by atoms with Gasteiger partial charge in [0, 0.05) is 16.6 Å². The molecule has 1 aromatic rings. The van der Waals surface area contributed by atoms with Crippen molar-refractivity contribution in [3.8, 4) is 0 Å². The molecule has 0 aliphatic carbocycles. The zero-order valence-electron chi connectivity index (χ0n) is 11.0. The summed E-state index contributed by atoms with van der Waals surface area (Å²) in [5.74, 6) is -0.550. The molecule has 0 aliphatic rings. The van der Waals surface area contributed by atoms with Crippen molar-refractivity contribution in [3.63, 3.8) is 0 Å². The standard InChI is InChI=1S/C13H18BrN3O2/c1-17(2)11(6-7-12(15)18)13(19)16-10-5-3-4-9(14)8-10/h3-5,8,11H,6-7H2,1-2H3,(H2,15,18)(H,16,19)/t11-/m1/s1. The number of hydrogen-bond donors (Lipinski definition) is 2. The number of amides is 2. The monoisotopic (exact) mass is 327 g/mol. The second kappa shape index (κ2) is 7.25. The number of halogens is 1. The smallest absolute Gasteiger partial charge is 0.241 e. The molecule has 1 aromatic carbocycles. The largest absolute Gasteiger partial charge is 0.370 e. The van der Waals surface area contributed by atoms with Crippen molar-refractivity contribution in [1.82, 2.24) is 4.90 Å². The average molecular weight is 328 g/mol. The first-order valence-electron chi connectivity index (χ1n) is 5.91. The van der Waals surface area contributed by atoms with E-state index in [-0.39, 0.29) is 18.4 Å². The third kappa shape index (κ3) is 5.40. The highest BCUT2D eigenvalue weighted by Crippen LogP contribution is 2.16. The van der Waals surface area contributed by atoms with E-state index in [1.807, 2.05) is 24.3 Å². The van der Waals surface area contributed by atoms with Crippen LogP contribution in [0.2, 0.25) is 0 Å². The lowest BCUT2D eigenvalue weighted by Crippen LogP contribution is -2.40. The summed E-state index contributed by atoms with van der Waals surface area (Å²) in [7, 11) is 3.60. The zero-order chi connectivity index (χ0) is 14.4. The lowest BCUT2D eigenvalue weighted by molar-refractivity contribution is -0.121. The zero-order valence-corrected chi connectivity index (χ0v) is 12.6. The van der Waals surface area contributed by atoms with Crippen molar-refractivity contribution in [2.75, 3.05) is 19.4 Å². The Kier molecular flexibility index (Phi) is 5.98. The van der Waals surface area contributed by atoms with Gasteiger partial charge in [0.2, 0.25) is 11.8 Å². The molecular weight excluding hydrogens is 310 g/mol. The highest BCUT2D eigenvalue weighted by molar-refractivity contribution is 9.10. The van der Waals surface area contributed by atoms with Gasteiger partial charge in [-0.3, -0.25) is 14.5 Å².